The highest BCUT2D eigenvalue weighted by molar-refractivity contribution is 5.86. The molecule has 2 N–H and O–H groups in total. The summed E-state index contributed by atoms with van der Waals surface area (Å²) >= 11 is 0. The molecule has 10 unspecified atom stereocenters. The van der Waals surface area contributed by atoms with Gasteiger partial charge in [0.25, 0.3) is 0 Å². The van der Waals surface area contributed by atoms with Crippen LogP contribution in [0.3, 0.4) is 0 Å². The first-order valence-corrected chi connectivity index (χ1v) is 17.0. The van der Waals surface area contributed by atoms with Crippen LogP contribution in [-0.4, -0.2) is 43.3 Å². The Morgan fingerprint density at radius 3 is 2.05 bits per heavy atom. The van der Waals surface area contributed by atoms with E-state index in [1.54, 1.807) is 7.11 Å². The number of nitrogens with zero attached hydrogens (tertiary/aromatic N) is 1. The highest BCUT2D eigenvalue weighted by Gasteiger charge is 2.42. The minimum atomic E-state index is -0.640. The molecular formula is C35H70N2O2. The lowest BCUT2D eigenvalue weighted by molar-refractivity contribution is -0.147. The molecule has 0 heterocycles. The number of aliphatic hydroxyl groups excluding tert-OH is 1. The quantitative estimate of drug-likeness (QED) is 0.117. The third-order valence-corrected chi connectivity index (χ3v) is 10.8. The van der Waals surface area contributed by atoms with E-state index in [1.165, 1.54) is 57.1 Å². The summed E-state index contributed by atoms with van der Waals surface area (Å²) in [5.41, 5.74) is 1.40. The molecule has 0 aromatic rings. The molecule has 0 radical (unpaired) electrons. The van der Waals surface area contributed by atoms with Crippen LogP contribution in [0.2, 0.25) is 0 Å². The molecule has 4 heteroatoms. The van der Waals surface area contributed by atoms with Crippen molar-refractivity contribution in [2.45, 2.75) is 146 Å². The largest absolute Gasteiger partial charge is 0.368 e. The van der Waals surface area contributed by atoms with Gasteiger partial charge in [0.1, 0.15) is 0 Å². The first-order valence-electron chi connectivity index (χ1n) is 17.0. The third kappa shape index (κ3) is 11.8. The van der Waals surface area contributed by atoms with Gasteiger partial charge in [-0.05, 0) is 113 Å². The first kappa shape index (κ1) is 36.6. The molecule has 1 rings (SSSR count). The monoisotopic (exact) mass is 551 g/mol. The number of methoxy groups -OCH3 is 1. The van der Waals surface area contributed by atoms with Gasteiger partial charge in [-0.2, -0.15) is 0 Å². The van der Waals surface area contributed by atoms with Crippen LogP contribution in [0.4, 0.5) is 0 Å². The van der Waals surface area contributed by atoms with Gasteiger partial charge in [-0.3, -0.25) is 4.99 Å². The minimum Gasteiger partial charge on any atom is -0.368 e. The van der Waals surface area contributed by atoms with Crippen molar-refractivity contribution in [2.75, 3.05) is 20.2 Å². The fourth-order valence-electron chi connectivity index (χ4n) is 7.73. The Morgan fingerprint density at radius 2 is 1.54 bits per heavy atom. The van der Waals surface area contributed by atoms with Gasteiger partial charge in [0, 0.05) is 31.3 Å². The lowest BCUT2D eigenvalue weighted by Gasteiger charge is -2.46. The van der Waals surface area contributed by atoms with Crippen LogP contribution in [0.15, 0.2) is 4.99 Å². The number of ether oxygens (including phenoxy) is 1. The van der Waals surface area contributed by atoms with Crippen LogP contribution in [-0.2, 0) is 4.74 Å². The molecule has 10 atom stereocenters. The maximum Gasteiger partial charge on any atom is 0.157 e. The molecule has 0 spiro atoms. The van der Waals surface area contributed by atoms with Gasteiger partial charge in [-0.25, -0.2) is 0 Å². The fraction of sp³-hybridized carbons (Fsp3) is 0.971. The topological polar surface area (TPSA) is 53.9 Å². The fourth-order valence-corrected chi connectivity index (χ4v) is 7.73. The lowest BCUT2D eigenvalue weighted by atomic mass is 9.60. The van der Waals surface area contributed by atoms with Crippen LogP contribution < -0.4 is 5.32 Å². The van der Waals surface area contributed by atoms with E-state index >= 15 is 0 Å². The first-order chi connectivity index (χ1) is 18.6. The second-order valence-electron chi connectivity index (χ2n) is 13.5. The Bertz CT molecular complexity index is 651. The van der Waals surface area contributed by atoms with Gasteiger partial charge < -0.3 is 15.2 Å². The van der Waals surface area contributed by atoms with E-state index in [2.05, 4.69) is 74.6 Å². The summed E-state index contributed by atoms with van der Waals surface area (Å²) in [7, 11) is 1.69. The normalized spacial score (nSPS) is 25.1. The number of hydrogen-bond donors (Lipinski definition) is 2. The van der Waals surface area contributed by atoms with Gasteiger partial charge in [-0.15, -0.1) is 0 Å². The lowest BCUT2D eigenvalue weighted by Crippen LogP contribution is -2.42. The zero-order chi connectivity index (χ0) is 29.5. The predicted molar refractivity (Wildman–Crippen MR) is 171 cm³/mol. The average Bonchev–Trinajstić information content (AvgIpc) is 2.93. The highest BCUT2D eigenvalue weighted by Crippen LogP contribution is 2.48. The summed E-state index contributed by atoms with van der Waals surface area (Å²) in [6.07, 6.45) is 11.6. The molecule has 0 aromatic carbocycles. The zero-order valence-electron chi connectivity index (χ0n) is 28.1. The Hall–Kier alpha value is -0.450. The third-order valence-electron chi connectivity index (χ3n) is 10.8. The van der Waals surface area contributed by atoms with E-state index < -0.39 is 6.29 Å². The zero-order valence-corrected chi connectivity index (χ0v) is 28.1. The van der Waals surface area contributed by atoms with E-state index in [0.29, 0.717) is 53.4 Å². The molecular weight excluding hydrogens is 480 g/mol. The van der Waals surface area contributed by atoms with Crippen LogP contribution in [0.1, 0.15) is 133 Å². The number of aliphatic hydroxyl groups is 1. The Labute approximate surface area is 244 Å². The van der Waals surface area contributed by atoms with E-state index in [9.17, 15) is 5.11 Å². The molecule has 1 fully saturated rings. The molecule has 4 nitrogen and oxygen atoms in total. The summed E-state index contributed by atoms with van der Waals surface area (Å²) in [4.78, 5) is 4.93. The highest BCUT2D eigenvalue weighted by atomic mass is 16.6. The molecule has 0 aromatic heterocycles. The van der Waals surface area contributed by atoms with Crippen LogP contribution in [0.25, 0.3) is 0 Å². The van der Waals surface area contributed by atoms with Gasteiger partial charge in [0.2, 0.25) is 0 Å². The van der Waals surface area contributed by atoms with Crippen molar-refractivity contribution >= 4 is 5.71 Å². The number of aliphatic imine (C=N–C) groups is 1. The summed E-state index contributed by atoms with van der Waals surface area (Å²) < 4.78 is 5.62. The van der Waals surface area contributed by atoms with Gasteiger partial charge >= 0.3 is 0 Å². The van der Waals surface area contributed by atoms with Gasteiger partial charge in [-0.1, -0.05) is 74.7 Å². The van der Waals surface area contributed by atoms with Crippen molar-refractivity contribution < 1.29 is 9.84 Å². The number of rotatable bonds is 20. The van der Waals surface area contributed by atoms with Crippen molar-refractivity contribution in [3.05, 3.63) is 0 Å². The number of nitrogens with one attached hydrogen (secondary N) is 1. The molecule has 1 aliphatic rings. The summed E-state index contributed by atoms with van der Waals surface area (Å²) in [5.74, 6) is 5.31. The van der Waals surface area contributed by atoms with Crippen LogP contribution >= 0.6 is 0 Å². The van der Waals surface area contributed by atoms with Crippen molar-refractivity contribution in [3.63, 3.8) is 0 Å². The number of hydrogen-bond acceptors (Lipinski definition) is 4. The second-order valence-corrected chi connectivity index (χ2v) is 13.5. The maximum absolute atomic E-state index is 11.0. The molecule has 0 amide bonds. The van der Waals surface area contributed by atoms with Gasteiger partial charge in [0.05, 0.1) is 0 Å². The van der Waals surface area contributed by atoms with Gasteiger partial charge in [0.15, 0.2) is 6.29 Å². The van der Waals surface area contributed by atoms with Crippen molar-refractivity contribution in [3.8, 4) is 0 Å². The van der Waals surface area contributed by atoms with Crippen LogP contribution in [0.5, 0.6) is 0 Å². The van der Waals surface area contributed by atoms with E-state index in [1.807, 2.05) is 0 Å². The molecule has 0 saturated heterocycles. The van der Waals surface area contributed by atoms with E-state index in [0.717, 1.165) is 25.9 Å². The average molecular weight is 551 g/mol. The van der Waals surface area contributed by atoms with Crippen molar-refractivity contribution in [2.24, 2.45) is 58.3 Å². The SMILES string of the molecule is CCN=C(CC)C(C)CC(C(C)CC)C(CC(CCC(C)C(C)NCC)C(C)C)C1CCCCC1C(O)OC. The van der Waals surface area contributed by atoms with Crippen LogP contribution in [0, 0.1) is 53.3 Å². The summed E-state index contributed by atoms with van der Waals surface area (Å²) in [6, 6.07) is 0.567. The van der Waals surface area contributed by atoms with E-state index in [-0.39, 0.29) is 5.92 Å². The summed E-state index contributed by atoms with van der Waals surface area (Å²) in [5, 5.41) is 14.7. The molecule has 0 aliphatic heterocycles. The molecule has 1 saturated carbocycles. The molecule has 0 bridgehead atoms. The molecule has 1 aliphatic carbocycles. The Balaban J connectivity index is 3.41. The second kappa shape index (κ2) is 19.6. The Morgan fingerprint density at radius 1 is 0.897 bits per heavy atom. The van der Waals surface area contributed by atoms with Crippen molar-refractivity contribution in [1.82, 2.24) is 5.32 Å². The maximum atomic E-state index is 11.0. The smallest absolute Gasteiger partial charge is 0.157 e. The predicted octanol–water partition coefficient (Wildman–Crippen LogP) is 9.01. The minimum absolute atomic E-state index is 0.256. The molecule has 232 valence electrons. The summed E-state index contributed by atoms with van der Waals surface area (Å²) in [6.45, 7) is 25.6. The Kier molecular flexibility index (Phi) is 18.4. The van der Waals surface area contributed by atoms with Crippen molar-refractivity contribution in [1.29, 1.82) is 0 Å². The molecule has 39 heavy (non-hydrogen) atoms. The van der Waals surface area contributed by atoms with E-state index in [4.69, 9.17) is 9.73 Å². The standard InChI is InChI=1S/C35H70N2O2/c1-12-25(7)32(22-27(9)34(13-2)37-15-4)33(30-18-16-17-19-31(30)35(38)39-11)23-29(24(5)6)21-20-26(8)28(10)36-14-3/h24-33,35-36,38H,12-23H2,1-11H3.